The van der Waals surface area contributed by atoms with Crippen molar-refractivity contribution in [1.29, 1.82) is 0 Å². The van der Waals surface area contributed by atoms with Crippen LogP contribution in [-0.4, -0.2) is 35.2 Å². The van der Waals surface area contributed by atoms with E-state index in [-0.39, 0.29) is 11.6 Å². The van der Waals surface area contributed by atoms with Crippen LogP contribution in [0.4, 0.5) is 14.5 Å². The summed E-state index contributed by atoms with van der Waals surface area (Å²) < 4.78 is 44.2. The smallest absolute Gasteiger partial charge is 0.305 e. The highest BCUT2D eigenvalue weighted by Crippen LogP contribution is 2.41. The summed E-state index contributed by atoms with van der Waals surface area (Å²) in [6, 6.07) is 25.2. The van der Waals surface area contributed by atoms with Gasteiger partial charge in [-0.15, -0.1) is 0 Å². The second kappa shape index (κ2) is 14.8. The number of hydrogen-bond acceptors (Lipinski definition) is 7. The Morgan fingerprint density at radius 1 is 0.667 bits per heavy atom. The zero-order valence-corrected chi connectivity index (χ0v) is 27.8. The van der Waals surface area contributed by atoms with Gasteiger partial charge < -0.3 is 14.2 Å². The van der Waals surface area contributed by atoms with Gasteiger partial charge in [0.15, 0.2) is 11.6 Å². The molecule has 0 bridgehead atoms. The van der Waals surface area contributed by atoms with Crippen LogP contribution in [0.5, 0.6) is 17.2 Å². The van der Waals surface area contributed by atoms with Crippen LogP contribution in [0, 0.1) is 21.7 Å². The van der Waals surface area contributed by atoms with Gasteiger partial charge in [0.05, 0.1) is 25.2 Å². The average Bonchev–Trinajstić information content (AvgIpc) is 3.83. The summed E-state index contributed by atoms with van der Waals surface area (Å²) in [4.78, 5) is 18.5. The van der Waals surface area contributed by atoms with Crippen molar-refractivity contribution in [1.82, 2.24) is 9.97 Å². The van der Waals surface area contributed by atoms with E-state index >= 15 is 0 Å². The second-order valence-electron chi connectivity index (χ2n) is 12.3. The minimum Gasteiger partial charge on any atom is -0.494 e. The fourth-order valence-corrected chi connectivity index (χ4v) is 6.50. The number of nitrogens with zero attached hydrogens (tertiary/aromatic N) is 3. The SMILES string of the molecule is COc1cc(-c2cc(Cc3ccncc3)cc3c2OCC3)ccc1F.O=[N+]([O-])c1cc(-c2cc(Cc3ccncc3)cc3c2OCC3)ccc1F. The second-order valence-corrected chi connectivity index (χ2v) is 12.3. The normalized spacial score (nSPS) is 12.5. The lowest BCUT2D eigenvalue weighted by atomic mass is 9.95. The molecule has 51 heavy (non-hydrogen) atoms. The molecule has 0 fully saturated rings. The molecule has 8 nitrogen and oxygen atoms in total. The molecule has 8 rings (SSSR count). The molecule has 0 saturated carbocycles. The fraction of sp³-hybridized carbons (Fsp3) is 0.171. The highest BCUT2D eigenvalue weighted by atomic mass is 19.1. The first kappa shape index (κ1) is 33.3. The number of methoxy groups -OCH3 is 1. The molecular weight excluding hydrogens is 652 g/mol. The minimum atomic E-state index is -0.843. The number of nitro benzene ring substituents is 1. The van der Waals surface area contributed by atoms with Gasteiger partial charge in [0.1, 0.15) is 11.5 Å². The van der Waals surface area contributed by atoms with Crippen LogP contribution in [0.15, 0.2) is 110 Å². The van der Waals surface area contributed by atoms with Gasteiger partial charge in [0.25, 0.3) is 0 Å². The molecule has 4 aromatic carbocycles. The third-order valence-electron chi connectivity index (χ3n) is 8.92. The zero-order valence-electron chi connectivity index (χ0n) is 27.8. The van der Waals surface area contributed by atoms with E-state index in [1.54, 1.807) is 43.0 Å². The molecule has 0 radical (unpaired) electrons. The van der Waals surface area contributed by atoms with Gasteiger partial charge in [0.2, 0.25) is 5.82 Å². The van der Waals surface area contributed by atoms with Crippen LogP contribution >= 0.6 is 0 Å². The molecule has 10 heteroatoms. The van der Waals surface area contributed by atoms with Crippen molar-refractivity contribution < 1.29 is 27.9 Å². The Hall–Kier alpha value is -6.16. The molecule has 0 aliphatic carbocycles. The zero-order chi connectivity index (χ0) is 35.3. The lowest BCUT2D eigenvalue weighted by molar-refractivity contribution is -0.387. The lowest BCUT2D eigenvalue weighted by Gasteiger charge is -2.13. The van der Waals surface area contributed by atoms with Crippen LogP contribution in [0.2, 0.25) is 0 Å². The van der Waals surface area contributed by atoms with Crippen LogP contribution in [-0.2, 0) is 25.7 Å². The van der Waals surface area contributed by atoms with Crippen molar-refractivity contribution in [2.75, 3.05) is 20.3 Å². The van der Waals surface area contributed by atoms with E-state index in [4.69, 9.17) is 14.2 Å². The summed E-state index contributed by atoms with van der Waals surface area (Å²) in [6.07, 6.45) is 10.3. The Morgan fingerprint density at radius 2 is 1.16 bits per heavy atom. The van der Waals surface area contributed by atoms with Gasteiger partial charge in [-0.05, 0) is 112 Å². The first-order valence-corrected chi connectivity index (χ1v) is 16.5. The summed E-state index contributed by atoms with van der Waals surface area (Å²) in [5.41, 5.74) is 9.55. The third kappa shape index (κ3) is 7.40. The van der Waals surface area contributed by atoms with Crippen molar-refractivity contribution in [2.24, 2.45) is 0 Å². The van der Waals surface area contributed by atoms with E-state index < -0.39 is 16.4 Å². The number of pyridine rings is 2. The Kier molecular flexibility index (Phi) is 9.65. The lowest BCUT2D eigenvalue weighted by Crippen LogP contribution is -1.96. The van der Waals surface area contributed by atoms with Gasteiger partial charge in [0, 0.05) is 54.8 Å². The monoisotopic (exact) mass is 685 g/mol. The predicted octanol–water partition coefficient (Wildman–Crippen LogP) is 8.74. The summed E-state index contributed by atoms with van der Waals surface area (Å²) >= 11 is 0. The number of nitro groups is 1. The Balaban J connectivity index is 0.000000159. The Morgan fingerprint density at radius 3 is 1.65 bits per heavy atom. The fourth-order valence-electron chi connectivity index (χ4n) is 6.50. The molecule has 2 aliphatic rings. The summed E-state index contributed by atoms with van der Waals surface area (Å²) in [5, 5.41) is 11.1. The average molecular weight is 686 g/mol. The number of rotatable bonds is 8. The van der Waals surface area contributed by atoms with Crippen LogP contribution < -0.4 is 14.2 Å². The van der Waals surface area contributed by atoms with E-state index in [9.17, 15) is 18.9 Å². The minimum absolute atomic E-state index is 0.240. The molecule has 4 heterocycles. The molecule has 2 aliphatic heterocycles. The molecule has 0 saturated heterocycles. The number of halogens is 2. The highest BCUT2D eigenvalue weighted by Gasteiger charge is 2.23. The molecular formula is C41H33F2N3O5. The van der Waals surface area contributed by atoms with Crippen LogP contribution in [0.1, 0.15) is 33.4 Å². The molecule has 0 N–H and O–H groups in total. The Bertz CT molecular complexity index is 2210. The van der Waals surface area contributed by atoms with Gasteiger partial charge in [-0.2, -0.15) is 4.39 Å². The summed E-state index contributed by atoms with van der Waals surface area (Å²) in [6.45, 7) is 1.25. The van der Waals surface area contributed by atoms with Gasteiger partial charge in [-0.1, -0.05) is 24.3 Å². The first-order valence-electron chi connectivity index (χ1n) is 16.5. The van der Waals surface area contributed by atoms with Crippen molar-refractivity contribution >= 4 is 5.69 Å². The quantitative estimate of drug-likeness (QED) is 0.117. The van der Waals surface area contributed by atoms with Gasteiger partial charge in [-0.3, -0.25) is 20.1 Å². The molecule has 0 amide bonds. The van der Waals surface area contributed by atoms with E-state index in [0.29, 0.717) is 25.2 Å². The maximum Gasteiger partial charge on any atom is 0.305 e. The summed E-state index contributed by atoms with van der Waals surface area (Å²) in [7, 11) is 1.48. The van der Waals surface area contributed by atoms with E-state index in [0.717, 1.165) is 70.2 Å². The maximum absolute atomic E-state index is 13.8. The van der Waals surface area contributed by atoms with Crippen molar-refractivity contribution in [2.45, 2.75) is 25.7 Å². The van der Waals surface area contributed by atoms with Crippen molar-refractivity contribution in [3.05, 3.63) is 165 Å². The molecule has 256 valence electrons. The highest BCUT2D eigenvalue weighted by molar-refractivity contribution is 5.76. The van der Waals surface area contributed by atoms with E-state index in [1.165, 1.54) is 35.9 Å². The van der Waals surface area contributed by atoms with Gasteiger partial charge in [-0.25, -0.2) is 4.39 Å². The topological polar surface area (TPSA) is 96.6 Å². The third-order valence-corrected chi connectivity index (χ3v) is 8.92. The first-order chi connectivity index (χ1) is 24.9. The van der Waals surface area contributed by atoms with E-state index in [2.05, 4.69) is 28.2 Å². The largest absolute Gasteiger partial charge is 0.494 e. The van der Waals surface area contributed by atoms with Crippen LogP contribution in [0.25, 0.3) is 22.3 Å². The van der Waals surface area contributed by atoms with E-state index in [1.807, 2.05) is 30.3 Å². The van der Waals surface area contributed by atoms with Crippen molar-refractivity contribution in [3.63, 3.8) is 0 Å². The predicted molar refractivity (Wildman–Crippen MR) is 189 cm³/mol. The van der Waals surface area contributed by atoms with Crippen LogP contribution in [0.3, 0.4) is 0 Å². The Labute approximate surface area is 293 Å². The molecule has 0 spiro atoms. The number of hydrogen-bond donors (Lipinski definition) is 0. The van der Waals surface area contributed by atoms with Crippen molar-refractivity contribution in [3.8, 4) is 39.5 Å². The molecule has 0 unspecified atom stereocenters. The van der Waals surface area contributed by atoms with Gasteiger partial charge >= 0.3 is 5.69 Å². The standard InChI is InChI=1S/C21H18FNO2.C20H15FN2O3/c1-24-20-13-16(2-3-19(20)22)18-12-15(10-14-4-7-23-8-5-14)11-17-6-9-25-21(17)18;21-18-2-1-15(12-19(18)23(24)25)17-11-14(9-13-3-6-22-7-4-13)10-16-5-8-26-20(16)17/h2-5,7-8,11-13H,6,9-10H2,1H3;1-4,6-7,10-12H,5,8-9H2. The number of benzene rings is 4. The molecule has 6 aromatic rings. The summed E-state index contributed by atoms with van der Waals surface area (Å²) in [5.74, 6) is 0.654. The molecule has 0 atom stereocenters. The number of aromatic nitrogens is 2. The maximum atomic E-state index is 13.8. The number of ether oxygens (including phenoxy) is 3. The molecule has 2 aromatic heterocycles. The number of fused-ring (bicyclic) bond motifs is 2.